The summed E-state index contributed by atoms with van der Waals surface area (Å²) in [7, 11) is 0. The summed E-state index contributed by atoms with van der Waals surface area (Å²) < 4.78 is 24.9. The molecule has 0 spiro atoms. The zero-order chi connectivity index (χ0) is 16.2. The SMILES string of the molecule is N#Cc1cnc2cc(F)c(OCCN3CCOCC3)cc2c1Cl. The van der Waals surface area contributed by atoms with Crippen molar-refractivity contribution in [1.82, 2.24) is 9.88 Å². The Bertz CT molecular complexity index is 757. The summed E-state index contributed by atoms with van der Waals surface area (Å²) in [5, 5.41) is 9.76. The smallest absolute Gasteiger partial charge is 0.167 e. The van der Waals surface area contributed by atoms with E-state index in [4.69, 9.17) is 26.3 Å². The molecule has 1 aromatic heterocycles. The lowest BCUT2D eigenvalue weighted by molar-refractivity contribution is 0.0320. The highest BCUT2D eigenvalue weighted by molar-refractivity contribution is 6.36. The first-order valence-corrected chi connectivity index (χ1v) is 7.67. The second-order valence-corrected chi connectivity index (χ2v) is 5.58. The monoisotopic (exact) mass is 335 g/mol. The van der Waals surface area contributed by atoms with E-state index < -0.39 is 5.82 Å². The van der Waals surface area contributed by atoms with Gasteiger partial charge in [0.05, 0.1) is 29.3 Å². The molecule has 1 fully saturated rings. The van der Waals surface area contributed by atoms with Crippen LogP contribution in [0.4, 0.5) is 4.39 Å². The molecule has 0 atom stereocenters. The minimum absolute atomic E-state index is 0.115. The topological polar surface area (TPSA) is 58.4 Å². The molecule has 1 aromatic carbocycles. The standard InChI is InChI=1S/C16H15ClFN3O2/c17-16-11(9-19)10-20-14-8-13(18)15(7-12(14)16)23-6-3-21-1-4-22-5-2-21/h7-8,10H,1-6H2. The van der Waals surface area contributed by atoms with E-state index in [9.17, 15) is 4.39 Å². The van der Waals surface area contributed by atoms with Crippen LogP contribution in [0, 0.1) is 17.1 Å². The Balaban J connectivity index is 1.76. The number of fused-ring (bicyclic) bond motifs is 1. The predicted molar refractivity (Wildman–Crippen MR) is 84.2 cm³/mol. The van der Waals surface area contributed by atoms with Gasteiger partial charge in [0.25, 0.3) is 0 Å². The van der Waals surface area contributed by atoms with E-state index in [-0.39, 0.29) is 16.3 Å². The fourth-order valence-electron chi connectivity index (χ4n) is 2.46. The van der Waals surface area contributed by atoms with Crippen molar-refractivity contribution < 1.29 is 13.9 Å². The Morgan fingerprint density at radius 2 is 2.17 bits per heavy atom. The summed E-state index contributed by atoms with van der Waals surface area (Å²) >= 11 is 6.16. The first-order chi connectivity index (χ1) is 11.2. The van der Waals surface area contributed by atoms with Crippen molar-refractivity contribution in [3.8, 4) is 11.8 Å². The highest BCUT2D eigenvalue weighted by atomic mass is 35.5. The fraction of sp³-hybridized carbons (Fsp3) is 0.375. The van der Waals surface area contributed by atoms with Gasteiger partial charge in [-0.15, -0.1) is 0 Å². The summed E-state index contributed by atoms with van der Waals surface area (Å²) in [6.07, 6.45) is 1.34. The maximum Gasteiger partial charge on any atom is 0.167 e. The number of nitrogens with zero attached hydrogens (tertiary/aromatic N) is 3. The number of hydrogen-bond acceptors (Lipinski definition) is 5. The molecule has 120 valence electrons. The van der Waals surface area contributed by atoms with Gasteiger partial charge in [-0.3, -0.25) is 9.88 Å². The molecular weight excluding hydrogens is 321 g/mol. The van der Waals surface area contributed by atoms with Crippen LogP contribution < -0.4 is 4.74 Å². The number of nitriles is 1. The molecule has 2 heterocycles. The predicted octanol–water partition coefficient (Wildman–Crippen LogP) is 2.61. The molecule has 3 rings (SSSR count). The number of hydrogen-bond donors (Lipinski definition) is 0. The third-order valence-electron chi connectivity index (χ3n) is 3.75. The number of halogens is 2. The molecule has 0 unspecified atom stereocenters. The van der Waals surface area contributed by atoms with Crippen molar-refractivity contribution in [2.45, 2.75) is 0 Å². The van der Waals surface area contributed by atoms with Crippen molar-refractivity contribution in [1.29, 1.82) is 5.26 Å². The third kappa shape index (κ3) is 3.53. The van der Waals surface area contributed by atoms with Crippen molar-refractivity contribution in [2.75, 3.05) is 39.5 Å². The van der Waals surface area contributed by atoms with Gasteiger partial charge in [-0.25, -0.2) is 4.39 Å². The van der Waals surface area contributed by atoms with Crippen LogP contribution in [0.5, 0.6) is 5.75 Å². The summed E-state index contributed by atoms with van der Waals surface area (Å²) in [5.41, 5.74) is 0.650. The van der Waals surface area contributed by atoms with E-state index in [2.05, 4.69) is 9.88 Å². The Morgan fingerprint density at radius 1 is 1.39 bits per heavy atom. The Hall–Kier alpha value is -1.94. The summed E-state index contributed by atoms with van der Waals surface area (Å²) in [4.78, 5) is 6.24. The van der Waals surface area contributed by atoms with Gasteiger partial charge in [0.2, 0.25) is 0 Å². The number of benzene rings is 1. The van der Waals surface area contributed by atoms with Gasteiger partial charge in [0, 0.05) is 37.3 Å². The lowest BCUT2D eigenvalue weighted by atomic mass is 10.1. The summed E-state index contributed by atoms with van der Waals surface area (Å²) in [6.45, 7) is 4.19. The Kier molecular flexibility index (Phi) is 4.91. The molecule has 0 radical (unpaired) electrons. The Labute approximate surface area is 138 Å². The Morgan fingerprint density at radius 3 is 2.91 bits per heavy atom. The fourth-order valence-corrected chi connectivity index (χ4v) is 2.70. The van der Waals surface area contributed by atoms with Gasteiger partial charge in [0.15, 0.2) is 11.6 Å². The van der Waals surface area contributed by atoms with Crippen LogP contribution in [-0.2, 0) is 4.74 Å². The van der Waals surface area contributed by atoms with Gasteiger partial charge >= 0.3 is 0 Å². The largest absolute Gasteiger partial charge is 0.489 e. The van der Waals surface area contributed by atoms with E-state index in [0.717, 1.165) is 13.1 Å². The van der Waals surface area contributed by atoms with Crippen molar-refractivity contribution in [3.63, 3.8) is 0 Å². The maximum atomic E-state index is 14.1. The molecule has 5 nitrogen and oxygen atoms in total. The molecule has 0 saturated carbocycles. The zero-order valence-electron chi connectivity index (χ0n) is 12.4. The van der Waals surface area contributed by atoms with Crippen LogP contribution in [0.2, 0.25) is 5.02 Å². The van der Waals surface area contributed by atoms with E-state index in [1.807, 2.05) is 6.07 Å². The van der Waals surface area contributed by atoms with Crippen molar-refractivity contribution in [3.05, 3.63) is 34.7 Å². The van der Waals surface area contributed by atoms with E-state index in [0.29, 0.717) is 37.3 Å². The molecule has 7 heteroatoms. The molecule has 0 amide bonds. The first kappa shape index (κ1) is 15.9. The van der Waals surface area contributed by atoms with Crippen molar-refractivity contribution in [2.24, 2.45) is 0 Å². The zero-order valence-corrected chi connectivity index (χ0v) is 13.1. The van der Waals surface area contributed by atoms with Gasteiger partial charge in [-0.05, 0) is 6.07 Å². The second kappa shape index (κ2) is 7.09. The molecule has 2 aromatic rings. The highest BCUT2D eigenvalue weighted by Gasteiger charge is 2.14. The van der Waals surface area contributed by atoms with E-state index in [1.165, 1.54) is 18.3 Å². The molecular formula is C16H15ClFN3O2. The lowest BCUT2D eigenvalue weighted by Gasteiger charge is -2.26. The molecule has 0 N–H and O–H groups in total. The number of rotatable bonds is 4. The summed E-state index contributed by atoms with van der Waals surface area (Å²) in [5.74, 6) is -0.377. The second-order valence-electron chi connectivity index (χ2n) is 5.20. The highest BCUT2D eigenvalue weighted by Crippen LogP contribution is 2.30. The summed E-state index contributed by atoms with van der Waals surface area (Å²) in [6, 6.07) is 4.73. The van der Waals surface area contributed by atoms with Crippen LogP contribution in [0.25, 0.3) is 10.9 Å². The van der Waals surface area contributed by atoms with Crippen LogP contribution in [0.3, 0.4) is 0 Å². The van der Waals surface area contributed by atoms with Gasteiger partial charge in [0.1, 0.15) is 12.7 Å². The molecule has 1 saturated heterocycles. The molecule has 23 heavy (non-hydrogen) atoms. The average Bonchev–Trinajstić information content (AvgIpc) is 2.57. The number of ether oxygens (including phenoxy) is 2. The van der Waals surface area contributed by atoms with E-state index in [1.54, 1.807) is 0 Å². The quantitative estimate of drug-likeness (QED) is 0.859. The normalized spacial score (nSPS) is 15.5. The van der Waals surface area contributed by atoms with E-state index >= 15 is 0 Å². The molecule has 0 aliphatic carbocycles. The molecule has 1 aliphatic heterocycles. The van der Waals surface area contributed by atoms with Crippen LogP contribution in [-0.4, -0.2) is 49.3 Å². The van der Waals surface area contributed by atoms with Gasteiger partial charge < -0.3 is 9.47 Å². The first-order valence-electron chi connectivity index (χ1n) is 7.30. The maximum absolute atomic E-state index is 14.1. The number of morpholine rings is 1. The van der Waals surface area contributed by atoms with Crippen LogP contribution >= 0.6 is 11.6 Å². The lowest BCUT2D eigenvalue weighted by Crippen LogP contribution is -2.38. The average molecular weight is 336 g/mol. The van der Waals surface area contributed by atoms with Gasteiger partial charge in [-0.2, -0.15) is 5.26 Å². The van der Waals surface area contributed by atoms with Gasteiger partial charge in [-0.1, -0.05) is 11.6 Å². The van der Waals surface area contributed by atoms with Crippen LogP contribution in [0.1, 0.15) is 5.56 Å². The minimum atomic E-state index is -0.493. The molecule has 0 bridgehead atoms. The minimum Gasteiger partial charge on any atom is -0.489 e. The van der Waals surface area contributed by atoms with Crippen molar-refractivity contribution >= 4 is 22.5 Å². The third-order valence-corrected chi connectivity index (χ3v) is 4.15. The molecule has 1 aliphatic rings. The number of pyridine rings is 1. The number of aromatic nitrogens is 1. The van der Waals surface area contributed by atoms with Crippen LogP contribution in [0.15, 0.2) is 18.3 Å².